The third-order valence-electron chi connectivity index (χ3n) is 4.94. The monoisotopic (exact) mass is 428 g/mol. The zero-order chi connectivity index (χ0) is 23.4. The van der Waals surface area contributed by atoms with E-state index >= 15 is 0 Å². The highest BCUT2D eigenvalue weighted by Crippen LogP contribution is 2.34. The van der Waals surface area contributed by atoms with Crippen LogP contribution < -0.4 is 9.47 Å². The van der Waals surface area contributed by atoms with Crippen molar-refractivity contribution in [2.45, 2.75) is 58.8 Å². The highest BCUT2D eigenvalue weighted by molar-refractivity contribution is 5.69. The Kier molecular flexibility index (Phi) is 7.37. The van der Waals surface area contributed by atoms with Crippen molar-refractivity contribution in [3.63, 3.8) is 0 Å². The molecule has 6 heteroatoms. The molecule has 2 rings (SSSR count). The van der Waals surface area contributed by atoms with Crippen molar-refractivity contribution >= 4 is 11.9 Å². The maximum absolute atomic E-state index is 11.0. The minimum Gasteiger partial charge on any atom is -0.482 e. The fourth-order valence-electron chi connectivity index (χ4n) is 3.13. The van der Waals surface area contributed by atoms with Crippen LogP contribution in [-0.4, -0.2) is 35.4 Å². The van der Waals surface area contributed by atoms with E-state index in [9.17, 15) is 9.59 Å². The van der Waals surface area contributed by atoms with Crippen LogP contribution in [0.5, 0.6) is 11.5 Å². The van der Waals surface area contributed by atoms with E-state index in [0.29, 0.717) is 17.9 Å². The van der Waals surface area contributed by atoms with Gasteiger partial charge in [-0.1, -0.05) is 65.8 Å². The van der Waals surface area contributed by atoms with E-state index < -0.39 is 25.2 Å². The number of carboxylic acids is 2. The molecule has 0 atom stereocenters. The lowest BCUT2D eigenvalue weighted by atomic mass is 9.83. The van der Waals surface area contributed by atoms with E-state index in [1.165, 1.54) is 0 Å². The minimum atomic E-state index is -1.05. The number of carbonyl (C=O) groups is 2. The summed E-state index contributed by atoms with van der Waals surface area (Å²) in [5, 5.41) is 18.1. The van der Waals surface area contributed by atoms with Crippen LogP contribution in [0.25, 0.3) is 0 Å². The average molecular weight is 429 g/mol. The smallest absolute Gasteiger partial charge is 0.341 e. The molecule has 2 aromatic rings. The van der Waals surface area contributed by atoms with Gasteiger partial charge in [-0.2, -0.15) is 0 Å². The van der Waals surface area contributed by atoms with Crippen molar-refractivity contribution in [1.29, 1.82) is 0 Å². The van der Waals surface area contributed by atoms with Gasteiger partial charge in [0.15, 0.2) is 13.2 Å². The maximum Gasteiger partial charge on any atom is 0.341 e. The predicted molar refractivity (Wildman–Crippen MR) is 119 cm³/mol. The van der Waals surface area contributed by atoms with Gasteiger partial charge in [-0.3, -0.25) is 0 Å². The van der Waals surface area contributed by atoms with Gasteiger partial charge >= 0.3 is 11.9 Å². The van der Waals surface area contributed by atoms with Crippen LogP contribution in [0.3, 0.4) is 0 Å². The van der Waals surface area contributed by atoms with Gasteiger partial charge in [-0.05, 0) is 45.2 Å². The molecule has 0 saturated heterocycles. The number of hydrogen-bond donors (Lipinski definition) is 2. The average Bonchev–Trinajstić information content (AvgIpc) is 2.64. The summed E-state index contributed by atoms with van der Waals surface area (Å²) in [5.41, 5.74) is 3.61. The Morgan fingerprint density at radius 2 is 1.06 bits per heavy atom. The summed E-state index contributed by atoms with van der Waals surface area (Å²) < 4.78 is 11.1. The first kappa shape index (κ1) is 24.3. The highest BCUT2D eigenvalue weighted by atomic mass is 16.5. The van der Waals surface area contributed by atoms with Crippen LogP contribution in [0, 0.1) is 0 Å². The Balaban J connectivity index is 2.54. The van der Waals surface area contributed by atoms with E-state index in [1.54, 1.807) is 12.1 Å². The summed E-state index contributed by atoms with van der Waals surface area (Å²) >= 11 is 0. The van der Waals surface area contributed by atoms with Crippen LogP contribution in [0.1, 0.15) is 63.8 Å². The molecule has 0 unspecified atom stereocenters. The molecule has 0 bridgehead atoms. The zero-order valence-electron chi connectivity index (χ0n) is 19.1. The Morgan fingerprint density at radius 1 is 0.710 bits per heavy atom. The summed E-state index contributed by atoms with van der Waals surface area (Å²) in [6, 6.07) is 11.5. The number of aliphatic carboxylic acids is 2. The van der Waals surface area contributed by atoms with Crippen LogP contribution in [0.2, 0.25) is 0 Å². The molecule has 0 aliphatic heterocycles. The van der Waals surface area contributed by atoms with E-state index in [0.717, 1.165) is 22.3 Å². The Labute approximate surface area is 183 Å². The fourth-order valence-corrected chi connectivity index (χ4v) is 3.13. The second-order valence-electron chi connectivity index (χ2n) is 9.69. The molecule has 0 aromatic heterocycles. The fraction of sp³-hybridized carbons (Fsp3) is 0.440. The van der Waals surface area contributed by atoms with Crippen molar-refractivity contribution in [3.8, 4) is 11.5 Å². The molecule has 0 spiro atoms. The third kappa shape index (κ3) is 7.02. The van der Waals surface area contributed by atoms with Gasteiger partial charge in [-0.15, -0.1) is 0 Å². The van der Waals surface area contributed by atoms with E-state index in [2.05, 4.69) is 41.5 Å². The SMILES string of the molecule is CC(C)(C)c1ccc(OCC(=O)O)c(Cc2cc(C(C)(C)C)ccc2OCC(=O)O)c1. The number of benzene rings is 2. The Bertz CT molecular complexity index is 870. The molecular formula is C25H32O6. The molecule has 0 fully saturated rings. The second-order valence-corrected chi connectivity index (χ2v) is 9.69. The lowest BCUT2D eigenvalue weighted by molar-refractivity contribution is -0.140. The first-order chi connectivity index (χ1) is 14.3. The van der Waals surface area contributed by atoms with Gasteiger partial charge < -0.3 is 19.7 Å². The zero-order valence-corrected chi connectivity index (χ0v) is 19.1. The number of ether oxygens (including phenoxy) is 2. The third-order valence-corrected chi connectivity index (χ3v) is 4.94. The molecule has 0 heterocycles. The topological polar surface area (TPSA) is 93.1 Å². The molecule has 2 N–H and O–H groups in total. The molecule has 2 aromatic carbocycles. The van der Waals surface area contributed by atoms with E-state index in [-0.39, 0.29) is 10.8 Å². The quantitative estimate of drug-likeness (QED) is 0.627. The molecule has 168 valence electrons. The lowest BCUT2D eigenvalue weighted by Gasteiger charge is -2.23. The van der Waals surface area contributed by atoms with Gasteiger partial charge in [0.25, 0.3) is 0 Å². The van der Waals surface area contributed by atoms with Gasteiger partial charge in [0, 0.05) is 6.42 Å². The molecule has 0 saturated carbocycles. The molecule has 0 radical (unpaired) electrons. The highest BCUT2D eigenvalue weighted by Gasteiger charge is 2.20. The van der Waals surface area contributed by atoms with E-state index in [1.807, 2.05) is 24.3 Å². The van der Waals surface area contributed by atoms with Gasteiger partial charge in [-0.25, -0.2) is 9.59 Å². The van der Waals surface area contributed by atoms with Crippen molar-refractivity contribution in [2.75, 3.05) is 13.2 Å². The Hall–Kier alpha value is -3.02. The van der Waals surface area contributed by atoms with Gasteiger partial charge in [0.1, 0.15) is 11.5 Å². The standard InChI is InChI=1S/C25H32O6/c1-24(2,3)18-7-9-20(30-14-22(26)27)16(12-18)11-17-13-19(25(4,5)6)8-10-21(17)31-15-23(28)29/h7-10,12-13H,11,14-15H2,1-6H3,(H,26,27)(H,28,29). The van der Waals surface area contributed by atoms with Crippen molar-refractivity contribution in [3.05, 3.63) is 58.7 Å². The minimum absolute atomic E-state index is 0.101. The van der Waals surface area contributed by atoms with Gasteiger partial charge in [0.05, 0.1) is 0 Å². The molecular weight excluding hydrogens is 396 g/mol. The number of carboxylic acid groups (broad SMARTS) is 2. The largest absolute Gasteiger partial charge is 0.482 e. The maximum atomic E-state index is 11.0. The summed E-state index contributed by atoms with van der Waals surface area (Å²) in [6.45, 7) is 11.7. The molecule has 0 amide bonds. The van der Waals surface area contributed by atoms with Crippen LogP contribution in [-0.2, 0) is 26.8 Å². The predicted octanol–water partition coefficient (Wildman–Crippen LogP) is 4.80. The molecule has 0 aliphatic rings. The first-order valence-corrected chi connectivity index (χ1v) is 10.2. The summed E-state index contributed by atoms with van der Waals surface area (Å²) in [6.07, 6.45) is 0.414. The normalized spacial score (nSPS) is 11.8. The summed E-state index contributed by atoms with van der Waals surface area (Å²) in [4.78, 5) is 22.1. The van der Waals surface area contributed by atoms with Crippen molar-refractivity contribution in [2.24, 2.45) is 0 Å². The second kappa shape index (κ2) is 9.41. The lowest BCUT2D eigenvalue weighted by Crippen LogP contribution is -2.15. The van der Waals surface area contributed by atoms with Crippen LogP contribution in [0.4, 0.5) is 0 Å². The molecule has 6 nitrogen and oxygen atoms in total. The van der Waals surface area contributed by atoms with Crippen molar-refractivity contribution in [1.82, 2.24) is 0 Å². The number of hydrogen-bond acceptors (Lipinski definition) is 4. The van der Waals surface area contributed by atoms with Crippen LogP contribution in [0.15, 0.2) is 36.4 Å². The summed E-state index contributed by atoms with van der Waals surface area (Å²) in [5.74, 6) is -1.13. The van der Waals surface area contributed by atoms with E-state index in [4.69, 9.17) is 19.7 Å². The number of rotatable bonds is 8. The first-order valence-electron chi connectivity index (χ1n) is 10.2. The molecule has 31 heavy (non-hydrogen) atoms. The molecule has 0 aliphatic carbocycles. The Morgan fingerprint density at radius 3 is 1.35 bits per heavy atom. The van der Waals surface area contributed by atoms with Crippen LogP contribution >= 0.6 is 0 Å². The summed E-state index contributed by atoms with van der Waals surface area (Å²) in [7, 11) is 0. The van der Waals surface area contributed by atoms with Crippen molar-refractivity contribution < 1.29 is 29.3 Å². The van der Waals surface area contributed by atoms with Gasteiger partial charge in [0.2, 0.25) is 0 Å².